The Labute approximate surface area is 97.0 Å². The van der Waals surface area contributed by atoms with Gasteiger partial charge in [-0.15, -0.1) is 11.3 Å². The molecule has 0 unspecified atom stereocenters. The molecule has 0 aliphatic heterocycles. The first-order valence-electron chi connectivity index (χ1n) is 4.73. The molecule has 5 heteroatoms. The van der Waals surface area contributed by atoms with Crippen LogP contribution in [0.2, 0.25) is 0 Å². The Bertz CT molecular complexity index is 554. The molecule has 0 aliphatic rings. The molecule has 0 amide bonds. The molecule has 0 saturated heterocycles. The Hall–Kier alpha value is -2.11. The summed E-state index contributed by atoms with van der Waals surface area (Å²) < 4.78 is 1.72. The highest BCUT2D eigenvalue weighted by molar-refractivity contribution is 7.09. The summed E-state index contributed by atoms with van der Waals surface area (Å²) in [6.45, 7) is 0.679. The number of rotatable bonds is 3. The zero-order valence-corrected chi connectivity index (χ0v) is 9.24. The van der Waals surface area contributed by atoms with Crippen molar-refractivity contribution in [1.82, 2.24) is 9.55 Å². The molecule has 4 nitrogen and oxygen atoms in total. The minimum Gasteiger partial charge on any atom is -0.321 e. The van der Waals surface area contributed by atoms with Gasteiger partial charge >= 0.3 is 0 Å². The Morgan fingerprint density at radius 2 is 2.25 bits per heavy atom. The third-order valence-electron chi connectivity index (χ3n) is 2.23. The first-order valence-corrected chi connectivity index (χ1v) is 5.61. The van der Waals surface area contributed by atoms with E-state index >= 15 is 0 Å². The van der Waals surface area contributed by atoms with E-state index in [9.17, 15) is 0 Å². The summed E-state index contributed by atoms with van der Waals surface area (Å²) in [4.78, 5) is 5.15. The average Bonchev–Trinajstić information content (AvgIpc) is 2.94. The van der Waals surface area contributed by atoms with Crippen molar-refractivity contribution in [1.29, 1.82) is 10.5 Å². The fourth-order valence-corrected chi connectivity index (χ4v) is 2.13. The van der Waals surface area contributed by atoms with Gasteiger partial charge in [-0.05, 0) is 17.9 Å². The fourth-order valence-electron chi connectivity index (χ4n) is 1.44. The molecule has 78 valence electrons. The molecule has 16 heavy (non-hydrogen) atoms. The van der Waals surface area contributed by atoms with E-state index in [1.807, 2.05) is 23.6 Å². The third-order valence-corrected chi connectivity index (χ3v) is 3.16. The zero-order chi connectivity index (χ0) is 11.4. The number of hydrogen-bond acceptors (Lipinski definition) is 4. The molecule has 0 atom stereocenters. The van der Waals surface area contributed by atoms with Gasteiger partial charge in [-0.1, -0.05) is 6.07 Å². The maximum Gasteiger partial charge on any atom is 0.176 e. The van der Waals surface area contributed by atoms with Crippen LogP contribution in [-0.2, 0) is 13.0 Å². The number of hydrogen-bond donors (Lipinski definition) is 0. The molecule has 0 saturated carbocycles. The van der Waals surface area contributed by atoms with Crippen LogP contribution in [0.25, 0.3) is 0 Å². The Kier molecular flexibility index (Phi) is 3.00. The molecule has 0 spiro atoms. The van der Waals surface area contributed by atoms with Crippen LogP contribution in [0, 0.1) is 22.7 Å². The van der Waals surface area contributed by atoms with Crippen molar-refractivity contribution in [2.24, 2.45) is 0 Å². The van der Waals surface area contributed by atoms with Gasteiger partial charge in [0, 0.05) is 11.4 Å². The number of imidazole rings is 1. The quantitative estimate of drug-likeness (QED) is 0.806. The Morgan fingerprint density at radius 1 is 1.38 bits per heavy atom. The maximum absolute atomic E-state index is 8.92. The molecule has 2 heterocycles. The molecule has 0 aromatic carbocycles. The second-order valence-electron chi connectivity index (χ2n) is 3.19. The van der Waals surface area contributed by atoms with E-state index in [1.165, 1.54) is 4.88 Å². The summed E-state index contributed by atoms with van der Waals surface area (Å²) in [5.74, 6) is 0. The van der Waals surface area contributed by atoms with Gasteiger partial charge in [0.2, 0.25) is 0 Å². The van der Waals surface area contributed by atoms with Gasteiger partial charge in [0.15, 0.2) is 11.4 Å². The normalized spacial score (nSPS) is 9.62. The van der Waals surface area contributed by atoms with Gasteiger partial charge in [-0.2, -0.15) is 10.5 Å². The highest BCUT2D eigenvalue weighted by Crippen LogP contribution is 2.12. The number of aryl methyl sites for hydroxylation is 2. The molecule has 2 aromatic heterocycles. The lowest BCUT2D eigenvalue weighted by Gasteiger charge is -2.01. The monoisotopic (exact) mass is 228 g/mol. The molecule has 0 N–H and O–H groups in total. The summed E-state index contributed by atoms with van der Waals surface area (Å²) in [5, 5.41) is 19.7. The first kappa shape index (κ1) is 10.4. The van der Waals surface area contributed by atoms with Crippen LogP contribution in [0.4, 0.5) is 0 Å². The van der Waals surface area contributed by atoms with E-state index < -0.39 is 0 Å². The lowest BCUT2D eigenvalue weighted by molar-refractivity contribution is 0.693. The van der Waals surface area contributed by atoms with Crippen LogP contribution in [0.1, 0.15) is 16.3 Å². The van der Waals surface area contributed by atoms with Gasteiger partial charge in [0.25, 0.3) is 0 Å². The van der Waals surface area contributed by atoms with Crippen molar-refractivity contribution in [3.63, 3.8) is 0 Å². The molecule has 2 aromatic rings. The minimum absolute atomic E-state index is 0.202. The van der Waals surface area contributed by atoms with Crippen molar-refractivity contribution >= 4 is 11.3 Å². The molecular weight excluding hydrogens is 220 g/mol. The van der Waals surface area contributed by atoms with E-state index in [2.05, 4.69) is 11.1 Å². The molecule has 0 aliphatic carbocycles. The second kappa shape index (κ2) is 4.61. The van der Waals surface area contributed by atoms with E-state index in [0.717, 1.165) is 6.42 Å². The number of thiophene rings is 1. The predicted molar refractivity (Wildman–Crippen MR) is 59.7 cm³/mol. The highest BCUT2D eigenvalue weighted by Gasteiger charge is 2.09. The van der Waals surface area contributed by atoms with Gasteiger partial charge < -0.3 is 4.57 Å². The number of nitrogens with zero attached hydrogens (tertiary/aromatic N) is 4. The first-order chi connectivity index (χ1) is 7.85. The van der Waals surface area contributed by atoms with Crippen molar-refractivity contribution < 1.29 is 0 Å². The fraction of sp³-hybridized carbons (Fsp3) is 0.182. The summed E-state index contributed by atoms with van der Waals surface area (Å²) in [7, 11) is 0. The summed E-state index contributed by atoms with van der Waals surface area (Å²) in [5.41, 5.74) is 0.549. The Balaban J connectivity index is 2.14. The van der Waals surface area contributed by atoms with Gasteiger partial charge in [0.1, 0.15) is 12.1 Å². The highest BCUT2D eigenvalue weighted by atomic mass is 32.1. The van der Waals surface area contributed by atoms with E-state index in [0.29, 0.717) is 12.2 Å². The zero-order valence-electron chi connectivity index (χ0n) is 8.42. The summed E-state index contributed by atoms with van der Waals surface area (Å²) >= 11 is 1.69. The SMILES string of the molecule is N#Cc1ncn(CCc2cccs2)c1C#N. The van der Waals surface area contributed by atoms with Crippen LogP contribution >= 0.6 is 11.3 Å². The van der Waals surface area contributed by atoms with Crippen molar-refractivity contribution in [2.75, 3.05) is 0 Å². The maximum atomic E-state index is 8.92. The van der Waals surface area contributed by atoms with Crippen molar-refractivity contribution in [3.05, 3.63) is 40.1 Å². The lowest BCUT2D eigenvalue weighted by atomic mass is 10.3. The summed E-state index contributed by atoms with van der Waals surface area (Å²) in [6.07, 6.45) is 2.40. The van der Waals surface area contributed by atoms with E-state index in [1.54, 1.807) is 22.2 Å². The van der Waals surface area contributed by atoms with Gasteiger partial charge in [-0.3, -0.25) is 0 Å². The van der Waals surface area contributed by atoms with Crippen LogP contribution in [-0.4, -0.2) is 9.55 Å². The summed E-state index contributed by atoms with van der Waals surface area (Å²) in [6, 6.07) is 7.97. The minimum atomic E-state index is 0.202. The van der Waals surface area contributed by atoms with Crippen LogP contribution < -0.4 is 0 Å². The molecule has 2 rings (SSSR count). The smallest absolute Gasteiger partial charge is 0.176 e. The van der Waals surface area contributed by atoms with Crippen LogP contribution in [0.15, 0.2) is 23.8 Å². The predicted octanol–water partition coefficient (Wildman–Crippen LogP) is 1.93. The van der Waals surface area contributed by atoms with E-state index in [-0.39, 0.29) is 5.69 Å². The third kappa shape index (κ3) is 1.95. The Morgan fingerprint density at radius 3 is 2.88 bits per heavy atom. The molecule has 0 radical (unpaired) electrons. The van der Waals surface area contributed by atoms with E-state index in [4.69, 9.17) is 10.5 Å². The topological polar surface area (TPSA) is 65.4 Å². The van der Waals surface area contributed by atoms with Gasteiger partial charge in [0.05, 0.1) is 6.33 Å². The number of nitriles is 2. The average molecular weight is 228 g/mol. The number of aromatic nitrogens is 2. The molecule has 0 fully saturated rings. The largest absolute Gasteiger partial charge is 0.321 e. The standard InChI is InChI=1S/C11H8N4S/c12-6-10-11(7-13)15(8-14-10)4-3-9-2-1-5-16-9/h1-2,5,8H,3-4H2. The second-order valence-corrected chi connectivity index (χ2v) is 4.22. The van der Waals surface area contributed by atoms with Gasteiger partial charge in [-0.25, -0.2) is 4.98 Å². The molecular formula is C11H8N4S. The van der Waals surface area contributed by atoms with Crippen LogP contribution in [0.3, 0.4) is 0 Å². The van der Waals surface area contributed by atoms with Crippen molar-refractivity contribution in [3.8, 4) is 12.1 Å². The molecule has 0 bridgehead atoms. The van der Waals surface area contributed by atoms with Crippen molar-refractivity contribution in [2.45, 2.75) is 13.0 Å². The lowest BCUT2D eigenvalue weighted by Crippen LogP contribution is -2.02. The van der Waals surface area contributed by atoms with Crippen LogP contribution in [0.5, 0.6) is 0 Å².